The third-order valence-electron chi connectivity index (χ3n) is 4.34. The van der Waals surface area contributed by atoms with Crippen LogP contribution in [-0.4, -0.2) is 6.54 Å². The fraction of sp³-hybridized carbons (Fsp3) is 1.00. The minimum absolute atomic E-state index is 0. The van der Waals surface area contributed by atoms with E-state index in [1.165, 1.54) is 18.8 Å². The lowest BCUT2D eigenvalue weighted by Gasteiger charge is -2.69. The van der Waals surface area contributed by atoms with Gasteiger partial charge in [-0.25, -0.2) is 0 Å². The Hall–Kier alpha value is 0.250. The van der Waals surface area contributed by atoms with Crippen molar-refractivity contribution >= 4 is 12.4 Å². The summed E-state index contributed by atoms with van der Waals surface area (Å²) >= 11 is 0. The molecule has 1 nitrogen and oxygen atoms in total. The average Bonchev–Trinajstić information content (AvgIpc) is 1.89. The van der Waals surface area contributed by atoms with Crippen molar-refractivity contribution in [2.75, 3.05) is 6.54 Å². The van der Waals surface area contributed by atoms with Crippen LogP contribution >= 0.6 is 12.4 Å². The quantitative estimate of drug-likeness (QED) is 0.642. The van der Waals surface area contributed by atoms with Crippen LogP contribution in [0.4, 0.5) is 0 Å². The zero-order chi connectivity index (χ0) is 6.72. The lowest BCUT2D eigenvalue weighted by molar-refractivity contribution is -0.202. The molecule has 11 heavy (non-hydrogen) atoms. The van der Waals surface area contributed by atoms with Crippen LogP contribution in [0.25, 0.3) is 0 Å². The predicted octanol–water partition coefficient (Wildman–Crippen LogP) is 1.66. The van der Waals surface area contributed by atoms with Crippen molar-refractivity contribution in [1.82, 2.24) is 0 Å². The summed E-state index contributed by atoms with van der Waals surface area (Å²) in [5.74, 6) is 5.50. The van der Waals surface area contributed by atoms with E-state index < -0.39 is 0 Å². The standard InChI is InChI=1S/C9H15N.ClH/c10-4-5-3-8-6-1-2-7(6)9(5)8;/h5-9H,1-4,10H2;1H. The van der Waals surface area contributed by atoms with E-state index in [2.05, 4.69) is 0 Å². The molecule has 3 rings (SSSR count). The number of nitrogens with two attached hydrogens (primary N) is 1. The molecular formula is C9H16ClN. The fourth-order valence-electron chi connectivity index (χ4n) is 3.61. The van der Waals surface area contributed by atoms with Gasteiger partial charge in [0.25, 0.3) is 0 Å². The minimum atomic E-state index is 0. The predicted molar refractivity (Wildman–Crippen MR) is 47.6 cm³/mol. The number of halogens is 1. The van der Waals surface area contributed by atoms with Gasteiger partial charge in [-0.15, -0.1) is 12.4 Å². The highest BCUT2D eigenvalue weighted by Crippen LogP contribution is 2.68. The molecular weight excluding hydrogens is 158 g/mol. The number of rotatable bonds is 1. The third-order valence-corrected chi connectivity index (χ3v) is 4.34. The maximum atomic E-state index is 5.65. The second kappa shape index (κ2) is 2.37. The Kier molecular flexibility index (Phi) is 1.69. The van der Waals surface area contributed by atoms with Crippen molar-refractivity contribution in [3.05, 3.63) is 0 Å². The maximum absolute atomic E-state index is 5.65. The number of fused-ring (bicyclic) bond motifs is 4. The van der Waals surface area contributed by atoms with Crippen molar-refractivity contribution in [3.8, 4) is 0 Å². The Labute approximate surface area is 74.1 Å². The fourth-order valence-corrected chi connectivity index (χ4v) is 3.61. The molecule has 64 valence electrons. The van der Waals surface area contributed by atoms with Gasteiger partial charge in [0.15, 0.2) is 0 Å². The van der Waals surface area contributed by atoms with E-state index in [1.54, 1.807) is 6.42 Å². The van der Waals surface area contributed by atoms with Crippen molar-refractivity contribution in [2.45, 2.75) is 19.3 Å². The second-order valence-electron chi connectivity index (χ2n) is 4.38. The first-order valence-corrected chi connectivity index (χ1v) is 4.62. The normalized spacial score (nSPS) is 57.0. The Bertz CT molecular complexity index is 158. The van der Waals surface area contributed by atoms with Crippen LogP contribution in [0.2, 0.25) is 0 Å². The third kappa shape index (κ3) is 0.714. The van der Waals surface area contributed by atoms with Crippen LogP contribution in [0.15, 0.2) is 0 Å². The van der Waals surface area contributed by atoms with E-state index in [-0.39, 0.29) is 12.4 Å². The number of hydrogen-bond donors (Lipinski definition) is 1. The van der Waals surface area contributed by atoms with Crippen LogP contribution in [-0.2, 0) is 0 Å². The average molecular weight is 174 g/mol. The molecule has 3 saturated carbocycles. The Morgan fingerprint density at radius 3 is 2.27 bits per heavy atom. The highest BCUT2D eigenvalue weighted by atomic mass is 35.5. The van der Waals surface area contributed by atoms with Crippen LogP contribution in [0.1, 0.15) is 19.3 Å². The van der Waals surface area contributed by atoms with Gasteiger partial charge in [0.1, 0.15) is 0 Å². The molecule has 0 aromatic heterocycles. The Balaban J connectivity index is 0.000000480. The zero-order valence-corrected chi connectivity index (χ0v) is 7.52. The first-order chi connectivity index (χ1) is 4.92. The van der Waals surface area contributed by atoms with Gasteiger partial charge in [-0.05, 0) is 55.4 Å². The first kappa shape index (κ1) is 7.88. The Morgan fingerprint density at radius 2 is 1.82 bits per heavy atom. The van der Waals surface area contributed by atoms with Gasteiger partial charge in [-0.2, -0.15) is 0 Å². The molecule has 0 bridgehead atoms. The summed E-state index contributed by atoms with van der Waals surface area (Å²) < 4.78 is 0. The summed E-state index contributed by atoms with van der Waals surface area (Å²) in [6.45, 7) is 0.963. The maximum Gasteiger partial charge on any atom is -0.00459 e. The van der Waals surface area contributed by atoms with Gasteiger partial charge in [0.05, 0.1) is 0 Å². The summed E-state index contributed by atoms with van der Waals surface area (Å²) in [5.41, 5.74) is 5.65. The molecule has 5 unspecified atom stereocenters. The largest absolute Gasteiger partial charge is 0.330 e. The lowest BCUT2D eigenvalue weighted by atomic mass is 9.36. The highest BCUT2D eigenvalue weighted by molar-refractivity contribution is 5.85. The van der Waals surface area contributed by atoms with Gasteiger partial charge in [-0.3, -0.25) is 0 Å². The van der Waals surface area contributed by atoms with Gasteiger partial charge in [0.2, 0.25) is 0 Å². The molecule has 0 heterocycles. The van der Waals surface area contributed by atoms with Crippen molar-refractivity contribution in [1.29, 1.82) is 0 Å². The van der Waals surface area contributed by atoms with Gasteiger partial charge >= 0.3 is 0 Å². The zero-order valence-electron chi connectivity index (χ0n) is 6.70. The van der Waals surface area contributed by atoms with E-state index in [0.29, 0.717) is 0 Å². The summed E-state index contributed by atoms with van der Waals surface area (Å²) in [6.07, 6.45) is 4.55. The molecule has 2 N–H and O–H groups in total. The molecule has 2 heteroatoms. The minimum Gasteiger partial charge on any atom is -0.330 e. The van der Waals surface area contributed by atoms with Crippen molar-refractivity contribution < 1.29 is 0 Å². The molecule has 0 aromatic rings. The topological polar surface area (TPSA) is 26.0 Å². The SMILES string of the molecule is Cl.NCC1CC2C3CCC3C12. The van der Waals surface area contributed by atoms with Gasteiger partial charge in [0, 0.05) is 0 Å². The summed E-state index contributed by atoms with van der Waals surface area (Å²) in [6, 6.07) is 0. The first-order valence-electron chi connectivity index (χ1n) is 4.62. The molecule has 0 amide bonds. The van der Waals surface area contributed by atoms with Crippen molar-refractivity contribution in [2.24, 2.45) is 35.3 Å². The Morgan fingerprint density at radius 1 is 1.09 bits per heavy atom. The monoisotopic (exact) mass is 173 g/mol. The molecule has 3 aliphatic rings. The number of hydrogen-bond acceptors (Lipinski definition) is 1. The summed E-state index contributed by atoms with van der Waals surface area (Å²) in [7, 11) is 0. The van der Waals surface area contributed by atoms with Crippen molar-refractivity contribution in [3.63, 3.8) is 0 Å². The molecule has 0 saturated heterocycles. The van der Waals surface area contributed by atoms with E-state index in [4.69, 9.17) is 5.73 Å². The summed E-state index contributed by atoms with van der Waals surface area (Å²) in [4.78, 5) is 0. The van der Waals surface area contributed by atoms with Crippen LogP contribution in [0.3, 0.4) is 0 Å². The molecule has 0 radical (unpaired) electrons. The molecule has 0 aliphatic heterocycles. The highest BCUT2D eigenvalue weighted by Gasteiger charge is 2.62. The van der Waals surface area contributed by atoms with E-state index in [9.17, 15) is 0 Å². The molecule has 0 aromatic carbocycles. The molecule has 0 spiro atoms. The molecule has 5 atom stereocenters. The van der Waals surface area contributed by atoms with Gasteiger partial charge in [-0.1, -0.05) is 0 Å². The van der Waals surface area contributed by atoms with E-state index in [0.717, 1.165) is 30.2 Å². The van der Waals surface area contributed by atoms with E-state index >= 15 is 0 Å². The van der Waals surface area contributed by atoms with Crippen LogP contribution < -0.4 is 5.73 Å². The van der Waals surface area contributed by atoms with Gasteiger partial charge < -0.3 is 5.73 Å². The lowest BCUT2D eigenvalue weighted by Crippen LogP contribution is -2.64. The molecule has 3 aliphatic carbocycles. The van der Waals surface area contributed by atoms with Crippen LogP contribution in [0.5, 0.6) is 0 Å². The van der Waals surface area contributed by atoms with Crippen LogP contribution in [0, 0.1) is 29.6 Å². The molecule has 3 fully saturated rings. The smallest absolute Gasteiger partial charge is 0.00459 e. The van der Waals surface area contributed by atoms with E-state index in [1.807, 2.05) is 0 Å². The summed E-state index contributed by atoms with van der Waals surface area (Å²) in [5, 5.41) is 0. The second-order valence-corrected chi connectivity index (χ2v) is 4.38.